The van der Waals surface area contributed by atoms with Crippen molar-refractivity contribution in [1.82, 2.24) is 4.90 Å². The fourth-order valence-corrected chi connectivity index (χ4v) is 2.89. The Balaban J connectivity index is 1.89. The molecule has 0 atom stereocenters. The largest absolute Gasteiger partial charge is 0.496 e. The average Bonchev–Trinajstić information content (AvgIpc) is 2.49. The van der Waals surface area contributed by atoms with E-state index >= 15 is 0 Å². The van der Waals surface area contributed by atoms with Crippen LogP contribution in [-0.4, -0.2) is 42.1 Å². The molecule has 1 aromatic carbocycles. The second-order valence-corrected chi connectivity index (χ2v) is 5.90. The van der Waals surface area contributed by atoms with Crippen LogP contribution < -0.4 is 4.74 Å². The normalized spacial score (nSPS) is 15.6. The molecule has 1 aromatic rings. The molecule has 1 aliphatic heterocycles. The van der Waals surface area contributed by atoms with Crippen LogP contribution in [0.25, 0.3) is 0 Å². The topological polar surface area (TPSA) is 66.8 Å². The second-order valence-electron chi connectivity index (χ2n) is 5.90. The Kier molecular flexibility index (Phi) is 5.41. The number of nitrogens with zero attached hydrogens (tertiary/aromatic N) is 1. The van der Waals surface area contributed by atoms with Gasteiger partial charge in [0.1, 0.15) is 5.75 Å². The Bertz CT molecular complexity index is 548. The standard InChI is InChI=1S/C17H23NO4/c1-12-3-4-14(9-15(12)22-2)10-16(19)18-7-5-13(6-8-18)11-17(20)21/h3-4,9,13H,5-8,10-11H2,1-2H3,(H,20,21). The number of methoxy groups -OCH3 is 1. The number of piperidine rings is 1. The van der Waals surface area contributed by atoms with Gasteiger partial charge in [0, 0.05) is 19.5 Å². The van der Waals surface area contributed by atoms with Crippen molar-refractivity contribution in [3.05, 3.63) is 29.3 Å². The van der Waals surface area contributed by atoms with Crippen molar-refractivity contribution in [3.8, 4) is 5.75 Å². The number of likely N-dealkylation sites (tertiary alicyclic amines) is 1. The van der Waals surface area contributed by atoms with Crippen molar-refractivity contribution in [2.75, 3.05) is 20.2 Å². The van der Waals surface area contributed by atoms with Gasteiger partial charge in [-0.05, 0) is 42.9 Å². The number of carbonyl (C=O) groups excluding carboxylic acids is 1. The molecule has 0 radical (unpaired) electrons. The predicted molar refractivity (Wildman–Crippen MR) is 83.0 cm³/mol. The predicted octanol–water partition coefficient (Wildman–Crippen LogP) is 2.26. The molecule has 1 N–H and O–H groups in total. The minimum atomic E-state index is -0.753. The molecule has 0 unspecified atom stereocenters. The average molecular weight is 305 g/mol. The lowest BCUT2D eigenvalue weighted by Gasteiger charge is -2.31. The summed E-state index contributed by atoms with van der Waals surface area (Å²) < 4.78 is 5.28. The highest BCUT2D eigenvalue weighted by Crippen LogP contribution is 2.23. The number of aliphatic carboxylic acids is 1. The van der Waals surface area contributed by atoms with Crippen molar-refractivity contribution >= 4 is 11.9 Å². The van der Waals surface area contributed by atoms with Gasteiger partial charge in [-0.15, -0.1) is 0 Å². The fourth-order valence-electron chi connectivity index (χ4n) is 2.89. The minimum Gasteiger partial charge on any atom is -0.496 e. The van der Waals surface area contributed by atoms with Crippen molar-refractivity contribution < 1.29 is 19.4 Å². The third kappa shape index (κ3) is 4.23. The number of aryl methyl sites for hydroxylation is 1. The van der Waals surface area contributed by atoms with Crippen LogP contribution in [0.15, 0.2) is 18.2 Å². The van der Waals surface area contributed by atoms with Crippen LogP contribution in [0, 0.1) is 12.8 Å². The van der Waals surface area contributed by atoms with E-state index in [4.69, 9.17) is 9.84 Å². The molecule has 120 valence electrons. The van der Waals surface area contributed by atoms with Crippen molar-refractivity contribution in [2.24, 2.45) is 5.92 Å². The van der Waals surface area contributed by atoms with E-state index in [1.54, 1.807) is 7.11 Å². The molecule has 22 heavy (non-hydrogen) atoms. The Morgan fingerprint density at radius 3 is 2.59 bits per heavy atom. The van der Waals surface area contributed by atoms with Gasteiger partial charge in [-0.1, -0.05) is 12.1 Å². The van der Waals surface area contributed by atoms with Gasteiger partial charge < -0.3 is 14.7 Å². The van der Waals surface area contributed by atoms with E-state index in [1.807, 2.05) is 30.0 Å². The molecule has 2 rings (SSSR count). The zero-order valence-corrected chi connectivity index (χ0v) is 13.2. The van der Waals surface area contributed by atoms with Gasteiger partial charge in [-0.3, -0.25) is 9.59 Å². The van der Waals surface area contributed by atoms with Crippen LogP contribution in [0.2, 0.25) is 0 Å². The van der Waals surface area contributed by atoms with Gasteiger partial charge in [0.25, 0.3) is 0 Å². The second kappa shape index (κ2) is 7.29. The first-order valence-corrected chi connectivity index (χ1v) is 7.62. The smallest absolute Gasteiger partial charge is 0.303 e. The van der Waals surface area contributed by atoms with Crippen LogP contribution in [0.4, 0.5) is 0 Å². The molecule has 1 fully saturated rings. The summed E-state index contributed by atoms with van der Waals surface area (Å²) in [7, 11) is 1.63. The molecule has 5 nitrogen and oxygen atoms in total. The number of ether oxygens (including phenoxy) is 1. The summed E-state index contributed by atoms with van der Waals surface area (Å²) >= 11 is 0. The number of amides is 1. The number of benzene rings is 1. The zero-order chi connectivity index (χ0) is 16.1. The Hall–Kier alpha value is -2.04. The van der Waals surface area contributed by atoms with Crippen LogP contribution in [0.3, 0.4) is 0 Å². The maximum absolute atomic E-state index is 12.3. The monoisotopic (exact) mass is 305 g/mol. The number of carboxylic acid groups (broad SMARTS) is 1. The van der Waals surface area contributed by atoms with E-state index in [-0.39, 0.29) is 18.2 Å². The third-order valence-corrected chi connectivity index (χ3v) is 4.26. The summed E-state index contributed by atoms with van der Waals surface area (Å²) in [5.74, 6) is 0.336. The molecule has 1 aliphatic rings. The number of hydrogen-bond acceptors (Lipinski definition) is 3. The maximum atomic E-state index is 12.3. The van der Waals surface area contributed by atoms with Crippen molar-refractivity contribution in [1.29, 1.82) is 0 Å². The molecule has 1 saturated heterocycles. The summed E-state index contributed by atoms with van der Waals surface area (Å²) in [4.78, 5) is 24.9. The Morgan fingerprint density at radius 1 is 1.32 bits per heavy atom. The fraction of sp³-hybridized carbons (Fsp3) is 0.529. The van der Waals surface area contributed by atoms with Gasteiger partial charge in [0.2, 0.25) is 5.91 Å². The molecule has 0 spiro atoms. The summed E-state index contributed by atoms with van der Waals surface area (Å²) in [5.41, 5.74) is 1.99. The van der Waals surface area contributed by atoms with Gasteiger partial charge in [-0.2, -0.15) is 0 Å². The zero-order valence-electron chi connectivity index (χ0n) is 13.2. The van der Waals surface area contributed by atoms with Crippen LogP contribution >= 0.6 is 0 Å². The molecular weight excluding hydrogens is 282 g/mol. The molecule has 0 aliphatic carbocycles. The molecule has 0 bridgehead atoms. The molecule has 5 heteroatoms. The van der Waals surface area contributed by atoms with Gasteiger partial charge in [0.15, 0.2) is 0 Å². The highest BCUT2D eigenvalue weighted by molar-refractivity contribution is 5.79. The molecule has 0 saturated carbocycles. The molecular formula is C17H23NO4. The summed E-state index contributed by atoms with van der Waals surface area (Å²) in [6.07, 6.45) is 2.11. The lowest BCUT2D eigenvalue weighted by atomic mass is 9.93. The molecule has 0 aromatic heterocycles. The van der Waals surface area contributed by atoms with E-state index in [9.17, 15) is 9.59 Å². The van der Waals surface area contributed by atoms with Crippen molar-refractivity contribution in [2.45, 2.75) is 32.6 Å². The lowest BCUT2D eigenvalue weighted by molar-refractivity contribution is -0.138. The SMILES string of the molecule is COc1cc(CC(=O)N2CCC(CC(=O)O)CC2)ccc1C. The van der Waals surface area contributed by atoms with Gasteiger partial charge in [-0.25, -0.2) is 0 Å². The van der Waals surface area contributed by atoms with E-state index in [0.717, 1.165) is 29.7 Å². The quantitative estimate of drug-likeness (QED) is 0.906. The minimum absolute atomic E-state index is 0.0969. The first-order valence-electron chi connectivity index (χ1n) is 7.62. The highest BCUT2D eigenvalue weighted by atomic mass is 16.5. The van der Waals surface area contributed by atoms with E-state index in [2.05, 4.69) is 0 Å². The third-order valence-electron chi connectivity index (χ3n) is 4.26. The Morgan fingerprint density at radius 2 is 2.00 bits per heavy atom. The van der Waals surface area contributed by atoms with Crippen LogP contribution in [-0.2, 0) is 16.0 Å². The van der Waals surface area contributed by atoms with Crippen molar-refractivity contribution in [3.63, 3.8) is 0 Å². The summed E-state index contributed by atoms with van der Waals surface area (Å²) in [5, 5.41) is 8.82. The lowest BCUT2D eigenvalue weighted by Crippen LogP contribution is -2.39. The van der Waals surface area contributed by atoms with E-state index < -0.39 is 5.97 Å². The number of carboxylic acids is 1. The van der Waals surface area contributed by atoms with Crippen LogP contribution in [0.1, 0.15) is 30.4 Å². The number of hydrogen-bond donors (Lipinski definition) is 1. The summed E-state index contributed by atoms with van der Waals surface area (Å²) in [6.45, 7) is 3.28. The molecule has 1 heterocycles. The van der Waals surface area contributed by atoms with E-state index in [0.29, 0.717) is 19.5 Å². The first-order chi connectivity index (χ1) is 10.5. The van der Waals surface area contributed by atoms with Gasteiger partial charge in [0.05, 0.1) is 13.5 Å². The highest BCUT2D eigenvalue weighted by Gasteiger charge is 2.24. The van der Waals surface area contributed by atoms with E-state index in [1.165, 1.54) is 0 Å². The maximum Gasteiger partial charge on any atom is 0.303 e. The molecule has 1 amide bonds. The van der Waals surface area contributed by atoms with Crippen LogP contribution in [0.5, 0.6) is 5.75 Å². The Labute approximate surface area is 130 Å². The van der Waals surface area contributed by atoms with Gasteiger partial charge >= 0.3 is 5.97 Å². The number of rotatable bonds is 5. The first kappa shape index (κ1) is 16.3. The number of carbonyl (C=O) groups is 2. The summed E-state index contributed by atoms with van der Waals surface area (Å²) in [6, 6.07) is 5.82.